The molecule has 0 saturated carbocycles. The first-order chi connectivity index (χ1) is 9.74. The van der Waals surface area contributed by atoms with Crippen LogP contribution in [0.4, 0.5) is 0 Å². The van der Waals surface area contributed by atoms with Crippen molar-refractivity contribution in [2.24, 2.45) is 0 Å². The van der Waals surface area contributed by atoms with Crippen molar-refractivity contribution in [2.45, 2.75) is 20.0 Å². The molecular formula is C16H24N2O2. The van der Waals surface area contributed by atoms with Crippen molar-refractivity contribution in [3.63, 3.8) is 0 Å². The topological polar surface area (TPSA) is 32.8 Å². The van der Waals surface area contributed by atoms with Crippen LogP contribution in [-0.2, 0) is 9.53 Å². The van der Waals surface area contributed by atoms with Gasteiger partial charge in [0.05, 0.1) is 19.3 Å². The number of benzene rings is 1. The largest absolute Gasteiger partial charge is 0.371 e. The number of nitrogens with zero attached hydrogens (tertiary/aromatic N) is 2. The molecule has 4 nitrogen and oxygen atoms in total. The van der Waals surface area contributed by atoms with Gasteiger partial charge in [-0.2, -0.15) is 0 Å². The van der Waals surface area contributed by atoms with E-state index in [1.54, 1.807) is 0 Å². The van der Waals surface area contributed by atoms with Crippen LogP contribution in [0.5, 0.6) is 0 Å². The number of ether oxygens (including phenoxy) is 1. The Labute approximate surface area is 121 Å². The Balaban J connectivity index is 1.92. The quantitative estimate of drug-likeness (QED) is 0.824. The molecule has 0 aromatic heterocycles. The summed E-state index contributed by atoms with van der Waals surface area (Å²) >= 11 is 0. The van der Waals surface area contributed by atoms with Gasteiger partial charge in [0.25, 0.3) is 0 Å². The number of morpholine rings is 1. The van der Waals surface area contributed by atoms with E-state index in [1.807, 2.05) is 36.9 Å². The number of hydrogen-bond acceptors (Lipinski definition) is 3. The van der Waals surface area contributed by atoms with Crippen LogP contribution in [0, 0.1) is 0 Å². The molecule has 1 heterocycles. The third-order valence-electron chi connectivity index (χ3n) is 3.80. The van der Waals surface area contributed by atoms with Crippen molar-refractivity contribution in [3.8, 4) is 0 Å². The Kier molecular flexibility index (Phi) is 5.56. The number of amides is 1. The molecule has 1 aliphatic heterocycles. The van der Waals surface area contributed by atoms with Crippen LogP contribution in [0.15, 0.2) is 30.3 Å². The van der Waals surface area contributed by atoms with Gasteiger partial charge in [-0.15, -0.1) is 0 Å². The van der Waals surface area contributed by atoms with Crippen molar-refractivity contribution in [1.29, 1.82) is 0 Å². The van der Waals surface area contributed by atoms with Gasteiger partial charge in [0, 0.05) is 26.2 Å². The van der Waals surface area contributed by atoms with E-state index in [4.69, 9.17) is 4.74 Å². The molecule has 1 amide bonds. The molecular weight excluding hydrogens is 252 g/mol. The molecule has 0 N–H and O–H groups in total. The molecule has 0 aliphatic carbocycles. The van der Waals surface area contributed by atoms with Crippen LogP contribution >= 0.6 is 0 Å². The fourth-order valence-corrected chi connectivity index (χ4v) is 2.58. The maximum Gasteiger partial charge on any atom is 0.236 e. The molecule has 1 atom stereocenters. The molecule has 0 spiro atoms. The zero-order valence-electron chi connectivity index (χ0n) is 12.4. The lowest BCUT2D eigenvalue weighted by Gasteiger charge is -2.33. The van der Waals surface area contributed by atoms with Crippen molar-refractivity contribution < 1.29 is 9.53 Å². The second-order valence-corrected chi connectivity index (χ2v) is 5.07. The van der Waals surface area contributed by atoms with Gasteiger partial charge < -0.3 is 9.64 Å². The highest BCUT2D eigenvalue weighted by Gasteiger charge is 2.24. The standard InChI is InChI=1S/C16H24N2O2/c1-3-18(4-2)16(19)13-17-10-11-20-15(12-17)14-8-6-5-7-9-14/h5-9,15H,3-4,10-13H2,1-2H3. The molecule has 1 saturated heterocycles. The van der Waals surface area contributed by atoms with Crippen molar-refractivity contribution in [2.75, 3.05) is 39.3 Å². The minimum absolute atomic E-state index is 0.0782. The lowest BCUT2D eigenvalue weighted by Crippen LogP contribution is -2.45. The maximum atomic E-state index is 12.2. The summed E-state index contributed by atoms with van der Waals surface area (Å²) in [5.41, 5.74) is 1.19. The lowest BCUT2D eigenvalue weighted by molar-refractivity contribution is -0.134. The monoisotopic (exact) mass is 276 g/mol. The highest BCUT2D eigenvalue weighted by Crippen LogP contribution is 2.21. The molecule has 0 radical (unpaired) electrons. The molecule has 1 unspecified atom stereocenters. The first-order valence-corrected chi connectivity index (χ1v) is 7.41. The van der Waals surface area contributed by atoms with E-state index in [2.05, 4.69) is 17.0 Å². The molecule has 110 valence electrons. The minimum atomic E-state index is 0.0782. The number of hydrogen-bond donors (Lipinski definition) is 0. The Morgan fingerprint density at radius 3 is 2.65 bits per heavy atom. The van der Waals surface area contributed by atoms with Gasteiger partial charge in [0.15, 0.2) is 0 Å². The minimum Gasteiger partial charge on any atom is -0.371 e. The summed E-state index contributed by atoms with van der Waals surface area (Å²) in [6, 6.07) is 10.2. The van der Waals surface area contributed by atoms with Crippen LogP contribution in [-0.4, -0.2) is 55.0 Å². The predicted molar refractivity (Wildman–Crippen MR) is 79.5 cm³/mol. The van der Waals surface area contributed by atoms with E-state index in [0.717, 1.165) is 26.2 Å². The molecule has 1 aliphatic rings. The van der Waals surface area contributed by atoms with Gasteiger partial charge in [-0.25, -0.2) is 0 Å². The van der Waals surface area contributed by atoms with Gasteiger partial charge >= 0.3 is 0 Å². The zero-order chi connectivity index (χ0) is 14.4. The van der Waals surface area contributed by atoms with E-state index < -0.39 is 0 Å². The van der Waals surface area contributed by atoms with Gasteiger partial charge in [-0.3, -0.25) is 9.69 Å². The normalized spacial score (nSPS) is 19.8. The molecule has 1 aromatic rings. The molecule has 1 fully saturated rings. The summed E-state index contributed by atoms with van der Waals surface area (Å²) in [4.78, 5) is 16.2. The van der Waals surface area contributed by atoms with Crippen LogP contribution in [0.25, 0.3) is 0 Å². The maximum absolute atomic E-state index is 12.2. The highest BCUT2D eigenvalue weighted by molar-refractivity contribution is 5.78. The Hall–Kier alpha value is -1.39. The second kappa shape index (κ2) is 7.41. The van der Waals surface area contributed by atoms with Crippen LogP contribution in [0.3, 0.4) is 0 Å². The molecule has 1 aromatic carbocycles. The summed E-state index contributed by atoms with van der Waals surface area (Å²) in [7, 11) is 0. The van der Waals surface area contributed by atoms with E-state index in [0.29, 0.717) is 13.2 Å². The SMILES string of the molecule is CCN(CC)C(=O)CN1CCOC(c2ccccc2)C1. The fourth-order valence-electron chi connectivity index (χ4n) is 2.58. The number of carbonyl (C=O) groups excluding carboxylic acids is 1. The van der Waals surface area contributed by atoms with E-state index in [-0.39, 0.29) is 12.0 Å². The summed E-state index contributed by atoms with van der Waals surface area (Å²) in [5, 5.41) is 0. The van der Waals surface area contributed by atoms with E-state index >= 15 is 0 Å². The van der Waals surface area contributed by atoms with Gasteiger partial charge in [0.2, 0.25) is 5.91 Å². The summed E-state index contributed by atoms with van der Waals surface area (Å²) in [5.74, 6) is 0.212. The number of carbonyl (C=O) groups is 1. The highest BCUT2D eigenvalue weighted by atomic mass is 16.5. The van der Waals surface area contributed by atoms with Crippen molar-refractivity contribution >= 4 is 5.91 Å². The van der Waals surface area contributed by atoms with E-state index in [1.165, 1.54) is 5.56 Å². The molecule has 2 rings (SSSR count). The number of likely N-dealkylation sites (N-methyl/N-ethyl adjacent to an activating group) is 1. The smallest absolute Gasteiger partial charge is 0.236 e. The Morgan fingerprint density at radius 2 is 2.00 bits per heavy atom. The third kappa shape index (κ3) is 3.81. The summed E-state index contributed by atoms with van der Waals surface area (Å²) < 4.78 is 5.82. The van der Waals surface area contributed by atoms with Crippen LogP contribution in [0.2, 0.25) is 0 Å². The first-order valence-electron chi connectivity index (χ1n) is 7.41. The third-order valence-corrected chi connectivity index (χ3v) is 3.80. The average molecular weight is 276 g/mol. The Bertz CT molecular complexity index is 418. The van der Waals surface area contributed by atoms with Crippen LogP contribution < -0.4 is 0 Å². The second-order valence-electron chi connectivity index (χ2n) is 5.07. The van der Waals surface area contributed by atoms with Crippen LogP contribution in [0.1, 0.15) is 25.5 Å². The molecule has 4 heteroatoms. The average Bonchev–Trinajstić information content (AvgIpc) is 2.49. The van der Waals surface area contributed by atoms with Gasteiger partial charge in [-0.05, 0) is 19.4 Å². The first kappa shape index (κ1) is 15.0. The predicted octanol–water partition coefficient (Wildman–Crippen LogP) is 1.93. The fraction of sp³-hybridized carbons (Fsp3) is 0.562. The zero-order valence-corrected chi connectivity index (χ0v) is 12.4. The van der Waals surface area contributed by atoms with E-state index in [9.17, 15) is 4.79 Å². The van der Waals surface area contributed by atoms with Gasteiger partial charge in [0.1, 0.15) is 0 Å². The molecule has 20 heavy (non-hydrogen) atoms. The van der Waals surface area contributed by atoms with Gasteiger partial charge in [-0.1, -0.05) is 30.3 Å². The Morgan fingerprint density at radius 1 is 1.30 bits per heavy atom. The summed E-state index contributed by atoms with van der Waals surface area (Å²) in [6.07, 6.45) is 0.0782. The van der Waals surface area contributed by atoms with Crippen molar-refractivity contribution in [3.05, 3.63) is 35.9 Å². The molecule has 0 bridgehead atoms. The number of rotatable bonds is 5. The summed E-state index contributed by atoms with van der Waals surface area (Å²) in [6.45, 7) is 8.40. The lowest BCUT2D eigenvalue weighted by atomic mass is 10.1. The van der Waals surface area contributed by atoms with Crippen molar-refractivity contribution in [1.82, 2.24) is 9.80 Å².